The number of hydrogen-bond donors (Lipinski definition) is 1. The molecule has 0 aliphatic carbocycles. The Bertz CT molecular complexity index is 339. The number of aromatic nitrogens is 1. The Morgan fingerprint density at radius 3 is 2.93 bits per heavy atom. The minimum absolute atomic E-state index is 0.611. The van der Waals surface area contributed by atoms with Gasteiger partial charge < -0.3 is 10.6 Å². The van der Waals surface area contributed by atoms with E-state index in [9.17, 15) is 0 Å². The number of pyridine rings is 1. The molecule has 0 bridgehead atoms. The maximum Gasteiger partial charge on any atom is 0.142 e. The first-order valence-corrected chi connectivity index (χ1v) is 5.64. The summed E-state index contributed by atoms with van der Waals surface area (Å²) in [4.78, 5) is 6.47. The molecule has 0 aromatic carbocycles. The second kappa shape index (κ2) is 4.04. The van der Waals surface area contributed by atoms with Gasteiger partial charge in [-0.2, -0.15) is 0 Å². The fraction of sp³-hybridized carbons (Fsp3) is 0.444. The molecule has 14 heavy (non-hydrogen) atoms. The molecular formula is C9H11BrClN3. The third-order valence-corrected chi connectivity index (χ3v) is 3.17. The molecule has 2 N–H and O–H groups in total. The summed E-state index contributed by atoms with van der Waals surface area (Å²) in [5.41, 5.74) is 5.56. The summed E-state index contributed by atoms with van der Waals surface area (Å²) in [6.45, 7) is 2.73. The Balaban J connectivity index is 2.11. The van der Waals surface area contributed by atoms with E-state index < -0.39 is 0 Å². The zero-order valence-electron chi connectivity index (χ0n) is 7.58. The molecule has 2 heterocycles. The van der Waals surface area contributed by atoms with Crippen molar-refractivity contribution in [2.75, 3.05) is 24.5 Å². The lowest BCUT2D eigenvalue weighted by Crippen LogP contribution is -2.50. The summed E-state index contributed by atoms with van der Waals surface area (Å²) in [6, 6.07) is 1.86. The van der Waals surface area contributed by atoms with E-state index >= 15 is 0 Å². The molecule has 0 atom stereocenters. The predicted molar refractivity (Wildman–Crippen MR) is 61.7 cm³/mol. The van der Waals surface area contributed by atoms with Crippen LogP contribution < -0.4 is 10.6 Å². The van der Waals surface area contributed by atoms with E-state index in [1.807, 2.05) is 6.07 Å². The minimum Gasteiger partial charge on any atom is -0.355 e. The lowest BCUT2D eigenvalue weighted by Gasteiger charge is -2.40. The summed E-state index contributed by atoms with van der Waals surface area (Å²) in [5.74, 6) is 1.57. The Labute approximate surface area is 96.4 Å². The highest BCUT2D eigenvalue weighted by Gasteiger charge is 2.27. The van der Waals surface area contributed by atoms with E-state index in [-0.39, 0.29) is 0 Å². The number of nitrogens with zero attached hydrogens (tertiary/aromatic N) is 2. The molecule has 1 aliphatic heterocycles. The molecule has 5 heteroatoms. The van der Waals surface area contributed by atoms with Crippen LogP contribution in [0.1, 0.15) is 0 Å². The molecule has 0 amide bonds. The number of nitrogens with two attached hydrogens (primary N) is 1. The van der Waals surface area contributed by atoms with Gasteiger partial charge in [0.05, 0.1) is 9.50 Å². The SMILES string of the molecule is NCC1CN(c2ncc(Cl)cc2Br)C1. The van der Waals surface area contributed by atoms with Gasteiger partial charge in [-0.3, -0.25) is 0 Å². The molecule has 0 saturated carbocycles. The van der Waals surface area contributed by atoms with Crippen LogP contribution >= 0.6 is 27.5 Å². The predicted octanol–water partition coefficient (Wildman–Crippen LogP) is 1.89. The lowest BCUT2D eigenvalue weighted by atomic mass is 10.0. The van der Waals surface area contributed by atoms with Crippen LogP contribution in [-0.4, -0.2) is 24.6 Å². The Kier molecular flexibility index (Phi) is 2.95. The minimum atomic E-state index is 0.611. The summed E-state index contributed by atoms with van der Waals surface area (Å²) in [6.07, 6.45) is 1.66. The standard InChI is InChI=1S/C9H11BrClN3/c10-8-1-7(11)3-13-9(8)14-4-6(2-12)5-14/h1,3,6H,2,4-5,12H2. The van der Waals surface area contributed by atoms with Gasteiger partial charge in [0.2, 0.25) is 0 Å². The van der Waals surface area contributed by atoms with Crippen LogP contribution in [-0.2, 0) is 0 Å². The van der Waals surface area contributed by atoms with Crippen LogP contribution in [0.25, 0.3) is 0 Å². The van der Waals surface area contributed by atoms with Gasteiger partial charge in [-0.1, -0.05) is 11.6 Å². The average Bonchev–Trinajstić information content (AvgIpc) is 2.06. The van der Waals surface area contributed by atoms with Crippen molar-refractivity contribution in [3.05, 3.63) is 21.8 Å². The van der Waals surface area contributed by atoms with Crippen molar-refractivity contribution in [3.63, 3.8) is 0 Å². The molecule has 0 spiro atoms. The molecule has 76 valence electrons. The van der Waals surface area contributed by atoms with E-state index in [0.717, 1.165) is 29.9 Å². The van der Waals surface area contributed by atoms with Crippen LogP contribution in [0, 0.1) is 5.92 Å². The maximum atomic E-state index is 5.81. The van der Waals surface area contributed by atoms with Crippen LogP contribution in [0.4, 0.5) is 5.82 Å². The number of halogens is 2. The topological polar surface area (TPSA) is 42.1 Å². The van der Waals surface area contributed by atoms with Gasteiger partial charge in [0.15, 0.2) is 0 Å². The molecule has 1 aromatic rings. The zero-order chi connectivity index (χ0) is 10.1. The van der Waals surface area contributed by atoms with Gasteiger partial charge in [0.1, 0.15) is 5.82 Å². The zero-order valence-corrected chi connectivity index (χ0v) is 9.92. The molecular weight excluding hydrogens is 265 g/mol. The summed E-state index contributed by atoms with van der Waals surface area (Å²) >= 11 is 9.25. The molecule has 2 rings (SSSR count). The monoisotopic (exact) mass is 275 g/mol. The quantitative estimate of drug-likeness (QED) is 0.897. The first-order valence-electron chi connectivity index (χ1n) is 4.46. The van der Waals surface area contributed by atoms with E-state index in [0.29, 0.717) is 10.9 Å². The molecule has 1 saturated heterocycles. The largest absolute Gasteiger partial charge is 0.355 e. The Morgan fingerprint density at radius 2 is 2.36 bits per heavy atom. The highest BCUT2D eigenvalue weighted by molar-refractivity contribution is 9.10. The van der Waals surface area contributed by atoms with E-state index in [4.69, 9.17) is 17.3 Å². The molecule has 3 nitrogen and oxygen atoms in total. The van der Waals surface area contributed by atoms with Crippen molar-refractivity contribution < 1.29 is 0 Å². The Morgan fingerprint density at radius 1 is 1.64 bits per heavy atom. The normalized spacial score (nSPS) is 16.9. The number of anilines is 1. The van der Waals surface area contributed by atoms with Crippen molar-refractivity contribution in [3.8, 4) is 0 Å². The van der Waals surface area contributed by atoms with Crippen LogP contribution in [0.15, 0.2) is 16.7 Å². The second-order valence-corrected chi connectivity index (χ2v) is 4.76. The summed E-state index contributed by atoms with van der Waals surface area (Å²) in [7, 11) is 0. The number of rotatable bonds is 2. The van der Waals surface area contributed by atoms with E-state index in [1.165, 1.54) is 0 Å². The third-order valence-electron chi connectivity index (χ3n) is 2.38. The molecule has 0 unspecified atom stereocenters. The van der Waals surface area contributed by atoms with Gasteiger partial charge >= 0.3 is 0 Å². The van der Waals surface area contributed by atoms with Gasteiger partial charge in [0.25, 0.3) is 0 Å². The first kappa shape index (κ1) is 10.2. The summed E-state index contributed by atoms with van der Waals surface area (Å²) < 4.78 is 0.945. The third kappa shape index (κ3) is 1.87. The van der Waals surface area contributed by atoms with E-state index in [1.54, 1.807) is 6.20 Å². The molecule has 1 aromatic heterocycles. The van der Waals surface area contributed by atoms with E-state index in [2.05, 4.69) is 25.8 Å². The number of hydrogen-bond acceptors (Lipinski definition) is 3. The molecule has 0 radical (unpaired) electrons. The van der Waals surface area contributed by atoms with Crippen LogP contribution in [0.2, 0.25) is 5.02 Å². The smallest absolute Gasteiger partial charge is 0.142 e. The highest BCUT2D eigenvalue weighted by Crippen LogP contribution is 2.30. The molecule has 1 fully saturated rings. The van der Waals surface area contributed by atoms with Gasteiger partial charge in [-0.25, -0.2) is 4.98 Å². The van der Waals surface area contributed by atoms with Gasteiger partial charge in [-0.15, -0.1) is 0 Å². The molecule has 1 aliphatic rings. The summed E-state index contributed by atoms with van der Waals surface area (Å²) in [5, 5.41) is 0.650. The van der Waals surface area contributed by atoms with Gasteiger partial charge in [0, 0.05) is 25.2 Å². The van der Waals surface area contributed by atoms with Crippen LogP contribution in [0.3, 0.4) is 0 Å². The fourth-order valence-electron chi connectivity index (χ4n) is 1.53. The fourth-order valence-corrected chi connectivity index (χ4v) is 2.42. The second-order valence-electron chi connectivity index (χ2n) is 3.47. The van der Waals surface area contributed by atoms with Crippen molar-refractivity contribution in [1.82, 2.24) is 4.98 Å². The lowest BCUT2D eigenvalue weighted by molar-refractivity contribution is 0.416. The first-order chi connectivity index (χ1) is 6.70. The van der Waals surface area contributed by atoms with Crippen molar-refractivity contribution in [2.45, 2.75) is 0 Å². The van der Waals surface area contributed by atoms with Gasteiger partial charge in [-0.05, 0) is 28.5 Å². The van der Waals surface area contributed by atoms with Crippen molar-refractivity contribution in [1.29, 1.82) is 0 Å². The van der Waals surface area contributed by atoms with Crippen molar-refractivity contribution >= 4 is 33.3 Å². The van der Waals surface area contributed by atoms with Crippen molar-refractivity contribution in [2.24, 2.45) is 11.7 Å². The maximum absolute atomic E-state index is 5.81. The highest BCUT2D eigenvalue weighted by atomic mass is 79.9. The Hall–Kier alpha value is -0.320. The average molecular weight is 277 g/mol. The van der Waals surface area contributed by atoms with Crippen LogP contribution in [0.5, 0.6) is 0 Å².